The van der Waals surface area contributed by atoms with Crippen LogP contribution >= 0.6 is 0 Å². The molecule has 2 saturated carbocycles. The maximum Gasteiger partial charge on any atom is 0.317 e. The summed E-state index contributed by atoms with van der Waals surface area (Å²) in [5, 5.41) is 15.6. The number of carboxylic acid groups (broad SMARTS) is 1. The molecule has 1 amide bonds. The number of carboxylic acids is 1. The molecule has 7 nitrogen and oxygen atoms in total. The summed E-state index contributed by atoms with van der Waals surface area (Å²) in [6, 6.07) is 1.95. The third-order valence-electron chi connectivity index (χ3n) is 4.35. The van der Waals surface area contributed by atoms with Gasteiger partial charge in [-0.2, -0.15) is 0 Å². The van der Waals surface area contributed by atoms with E-state index < -0.39 is 5.97 Å². The topological polar surface area (TPSA) is 95.7 Å². The van der Waals surface area contributed by atoms with Crippen molar-refractivity contribution in [2.75, 3.05) is 13.1 Å². The fourth-order valence-corrected chi connectivity index (χ4v) is 2.89. The average Bonchev–Trinajstić information content (AvgIpc) is 3.10. The Balaban J connectivity index is 1.47. The summed E-state index contributed by atoms with van der Waals surface area (Å²) in [6.07, 6.45) is 3.99. The average molecular weight is 307 g/mol. The molecule has 2 N–H and O–H groups in total. The molecule has 2 aliphatic carbocycles. The van der Waals surface area contributed by atoms with E-state index in [9.17, 15) is 9.59 Å². The lowest BCUT2D eigenvalue weighted by Crippen LogP contribution is -2.55. The molecule has 1 aromatic heterocycles. The molecule has 0 saturated heterocycles. The van der Waals surface area contributed by atoms with Crippen LogP contribution in [0.25, 0.3) is 0 Å². The Labute approximate surface area is 128 Å². The number of amides is 1. The van der Waals surface area contributed by atoms with Gasteiger partial charge in [0.15, 0.2) is 5.69 Å². The zero-order valence-corrected chi connectivity index (χ0v) is 12.6. The minimum absolute atomic E-state index is 0.0876. The van der Waals surface area contributed by atoms with E-state index in [-0.39, 0.29) is 24.5 Å². The standard InChI is InChI=1S/C15H21N3O4/c1-9-4-13(17-22-9)15(21)16-11-5-12(6-11)18(8-14(19)20)7-10-2-3-10/h4,10-12H,2-3,5-8H2,1H3,(H,16,21)(H,19,20). The van der Waals surface area contributed by atoms with Crippen LogP contribution in [0.1, 0.15) is 41.9 Å². The first-order chi connectivity index (χ1) is 10.5. The van der Waals surface area contributed by atoms with Crippen LogP contribution in [0.15, 0.2) is 10.6 Å². The molecule has 2 aliphatic rings. The number of aromatic nitrogens is 1. The maximum atomic E-state index is 12.0. The molecule has 22 heavy (non-hydrogen) atoms. The van der Waals surface area contributed by atoms with E-state index in [1.807, 2.05) is 4.90 Å². The Bertz CT molecular complexity index is 561. The van der Waals surface area contributed by atoms with Gasteiger partial charge >= 0.3 is 5.97 Å². The second-order valence-corrected chi connectivity index (χ2v) is 6.38. The smallest absolute Gasteiger partial charge is 0.317 e. The minimum Gasteiger partial charge on any atom is -0.480 e. The molecular weight excluding hydrogens is 286 g/mol. The van der Waals surface area contributed by atoms with Crippen molar-refractivity contribution in [3.63, 3.8) is 0 Å². The van der Waals surface area contributed by atoms with Crippen LogP contribution in [0, 0.1) is 12.8 Å². The van der Waals surface area contributed by atoms with Crippen molar-refractivity contribution in [2.24, 2.45) is 5.92 Å². The fraction of sp³-hybridized carbons (Fsp3) is 0.667. The maximum absolute atomic E-state index is 12.0. The molecule has 1 heterocycles. The van der Waals surface area contributed by atoms with Gasteiger partial charge in [-0.3, -0.25) is 14.5 Å². The molecule has 0 aromatic carbocycles. The molecule has 0 aliphatic heterocycles. The van der Waals surface area contributed by atoms with Gasteiger partial charge in [-0.25, -0.2) is 0 Å². The summed E-state index contributed by atoms with van der Waals surface area (Å²) in [5.41, 5.74) is 0.293. The highest BCUT2D eigenvalue weighted by molar-refractivity contribution is 5.92. The third kappa shape index (κ3) is 3.65. The van der Waals surface area contributed by atoms with Gasteiger partial charge in [-0.05, 0) is 38.5 Å². The van der Waals surface area contributed by atoms with Crippen molar-refractivity contribution in [2.45, 2.75) is 44.7 Å². The van der Waals surface area contributed by atoms with Crippen LogP contribution in [-0.4, -0.2) is 52.2 Å². The van der Waals surface area contributed by atoms with Gasteiger partial charge in [-0.1, -0.05) is 5.16 Å². The number of carbonyl (C=O) groups excluding carboxylic acids is 1. The van der Waals surface area contributed by atoms with Gasteiger partial charge in [0.1, 0.15) is 5.76 Å². The molecule has 0 atom stereocenters. The summed E-state index contributed by atoms with van der Waals surface area (Å²) in [5.74, 6) is 0.248. The number of aliphatic carboxylic acids is 1. The number of nitrogens with zero attached hydrogens (tertiary/aromatic N) is 2. The van der Waals surface area contributed by atoms with E-state index in [1.54, 1.807) is 13.0 Å². The Morgan fingerprint density at radius 2 is 2.18 bits per heavy atom. The van der Waals surface area contributed by atoms with Crippen LogP contribution in [0.2, 0.25) is 0 Å². The third-order valence-corrected chi connectivity index (χ3v) is 4.35. The van der Waals surface area contributed by atoms with Crippen molar-refractivity contribution < 1.29 is 19.2 Å². The van der Waals surface area contributed by atoms with E-state index in [0.29, 0.717) is 17.4 Å². The largest absolute Gasteiger partial charge is 0.480 e. The normalized spacial score (nSPS) is 24.1. The Hall–Kier alpha value is -1.89. The SMILES string of the molecule is Cc1cc(C(=O)NC2CC(N(CC(=O)O)CC3CC3)C2)no1. The van der Waals surface area contributed by atoms with Crippen molar-refractivity contribution in [3.8, 4) is 0 Å². The van der Waals surface area contributed by atoms with Crippen molar-refractivity contribution in [1.82, 2.24) is 15.4 Å². The van der Waals surface area contributed by atoms with Crippen molar-refractivity contribution in [3.05, 3.63) is 17.5 Å². The number of nitrogens with one attached hydrogen (secondary N) is 1. The summed E-state index contributed by atoms with van der Waals surface area (Å²) in [4.78, 5) is 25.0. The lowest BCUT2D eigenvalue weighted by molar-refractivity contribution is -0.139. The minimum atomic E-state index is -0.786. The Morgan fingerprint density at radius 1 is 1.45 bits per heavy atom. The summed E-state index contributed by atoms with van der Waals surface area (Å²) >= 11 is 0. The molecular formula is C15H21N3O4. The molecule has 120 valence electrons. The van der Waals surface area contributed by atoms with E-state index >= 15 is 0 Å². The van der Waals surface area contributed by atoms with E-state index in [0.717, 1.165) is 19.4 Å². The molecule has 3 rings (SSSR count). The monoisotopic (exact) mass is 307 g/mol. The van der Waals surface area contributed by atoms with E-state index in [4.69, 9.17) is 9.63 Å². The first-order valence-electron chi connectivity index (χ1n) is 7.71. The van der Waals surface area contributed by atoms with Crippen LogP contribution in [-0.2, 0) is 4.79 Å². The number of rotatable bonds is 7. The fourth-order valence-electron chi connectivity index (χ4n) is 2.89. The Morgan fingerprint density at radius 3 is 2.73 bits per heavy atom. The van der Waals surface area contributed by atoms with Gasteiger partial charge in [0, 0.05) is 24.7 Å². The molecule has 1 aromatic rings. The van der Waals surface area contributed by atoms with Gasteiger partial charge < -0.3 is 14.9 Å². The number of carbonyl (C=O) groups is 2. The summed E-state index contributed by atoms with van der Waals surface area (Å²) < 4.78 is 4.89. The predicted octanol–water partition coefficient (Wildman–Crippen LogP) is 1.04. The molecule has 0 radical (unpaired) electrons. The highest BCUT2D eigenvalue weighted by atomic mass is 16.5. The lowest BCUT2D eigenvalue weighted by atomic mass is 9.85. The molecule has 0 spiro atoms. The second-order valence-electron chi connectivity index (χ2n) is 6.38. The lowest BCUT2D eigenvalue weighted by Gasteiger charge is -2.42. The number of hydrogen-bond acceptors (Lipinski definition) is 5. The first-order valence-corrected chi connectivity index (χ1v) is 7.71. The quantitative estimate of drug-likeness (QED) is 0.781. The zero-order valence-electron chi connectivity index (χ0n) is 12.6. The van der Waals surface area contributed by atoms with Gasteiger partial charge in [0.05, 0.1) is 6.54 Å². The van der Waals surface area contributed by atoms with Crippen LogP contribution < -0.4 is 5.32 Å². The summed E-state index contributed by atoms with van der Waals surface area (Å²) in [6.45, 7) is 2.69. The van der Waals surface area contributed by atoms with Gasteiger partial charge in [0.25, 0.3) is 5.91 Å². The van der Waals surface area contributed by atoms with Crippen LogP contribution in [0.3, 0.4) is 0 Å². The zero-order chi connectivity index (χ0) is 15.7. The van der Waals surface area contributed by atoms with Gasteiger partial charge in [0.2, 0.25) is 0 Å². The van der Waals surface area contributed by atoms with Gasteiger partial charge in [-0.15, -0.1) is 0 Å². The van der Waals surface area contributed by atoms with Crippen molar-refractivity contribution in [1.29, 1.82) is 0 Å². The molecule has 0 bridgehead atoms. The highest BCUT2D eigenvalue weighted by Crippen LogP contribution is 2.33. The Kier molecular flexibility index (Phi) is 4.15. The van der Waals surface area contributed by atoms with E-state index in [2.05, 4.69) is 10.5 Å². The number of hydrogen-bond donors (Lipinski definition) is 2. The first kappa shape index (κ1) is 15.0. The van der Waals surface area contributed by atoms with E-state index in [1.165, 1.54) is 12.8 Å². The van der Waals surface area contributed by atoms with Crippen LogP contribution in [0.5, 0.6) is 0 Å². The highest BCUT2D eigenvalue weighted by Gasteiger charge is 2.38. The summed E-state index contributed by atoms with van der Waals surface area (Å²) in [7, 11) is 0. The molecule has 2 fully saturated rings. The molecule has 0 unspecified atom stereocenters. The second kappa shape index (κ2) is 6.08. The predicted molar refractivity (Wildman–Crippen MR) is 77.4 cm³/mol. The van der Waals surface area contributed by atoms with Crippen molar-refractivity contribution >= 4 is 11.9 Å². The van der Waals surface area contributed by atoms with Crippen LogP contribution in [0.4, 0.5) is 0 Å². The molecule has 7 heteroatoms. The number of aryl methyl sites for hydroxylation is 1.